The fourth-order valence-electron chi connectivity index (χ4n) is 2.66. The summed E-state index contributed by atoms with van der Waals surface area (Å²) in [6.07, 6.45) is -1.10. The Hall–Kier alpha value is -3.04. The van der Waals surface area contributed by atoms with Crippen molar-refractivity contribution in [1.82, 2.24) is 25.0 Å². The zero-order valence-corrected chi connectivity index (χ0v) is 20.0. The van der Waals surface area contributed by atoms with Gasteiger partial charge in [-0.1, -0.05) is 29.5 Å². The molecule has 0 aliphatic rings. The molecule has 0 unspecified atom stereocenters. The molecular formula is C22H19F4IrN5O-2. The number of rotatable bonds is 5. The molecular weight excluding hydrogens is 618 g/mol. The van der Waals surface area contributed by atoms with Gasteiger partial charge in [0.15, 0.2) is 0 Å². The van der Waals surface area contributed by atoms with Crippen molar-refractivity contribution < 1.29 is 42.4 Å². The minimum Gasteiger partial charge on any atom is -0.573 e. The summed E-state index contributed by atoms with van der Waals surface area (Å²) < 4.78 is 56.9. The van der Waals surface area contributed by atoms with Gasteiger partial charge < -0.3 is 14.9 Å². The molecule has 0 saturated carbocycles. The Bertz CT molecular complexity index is 1150. The summed E-state index contributed by atoms with van der Waals surface area (Å²) in [5.74, 6) is 0.126. The maximum atomic E-state index is 13.1. The first-order valence-corrected chi connectivity index (χ1v) is 9.68. The Morgan fingerprint density at radius 2 is 1.91 bits per heavy atom. The second kappa shape index (κ2) is 11.7. The molecule has 0 aliphatic heterocycles. The third-order valence-corrected chi connectivity index (χ3v) is 4.15. The molecule has 0 saturated heterocycles. The number of nitrogens with zero attached hydrogens (tertiary/aromatic N) is 5. The zero-order valence-electron chi connectivity index (χ0n) is 17.6. The van der Waals surface area contributed by atoms with E-state index < -0.39 is 11.9 Å². The van der Waals surface area contributed by atoms with Gasteiger partial charge in [0.2, 0.25) is 0 Å². The molecule has 4 rings (SSSR count). The van der Waals surface area contributed by atoms with Crippen LogP contribution in [0.3, 0.4) is 0 Å². The van der Waals surface area contributed by atoms with Crippen LogP contribution in [0.15, 0.2) is 54.9 Å². The molecule has 1 radical (unpaired) electrons. The number of halogens is 4. The first-order valence-electron chi connectivity index (χ1n) is 9.68. The summed E-state index contributed by atoms with van der Waals surface area (Å²) in [6, 6.07) is 13.2. The summed E-state index contributed by atoms with van der Waals surface area (Å²) in [6.45, 7) is 5.15. The van der Waals surface area contributed by atoms with Crippen LogP contribution < -0.4 is 9.84 Å². The number of aromatic nitrogens is 5. The Kier molecular flexibility index (Phi) is 9.31. The quantitative estimate of drug-likeness (QED) is 0.227. The van der Waals surface area contributed by atoms with Crippen LogP contribution in [-0.2, 0) is 32.8 Å². The molecule has 0 aliphatic carbocycles. The van der Waals surface area contributed by atoms with Gasteiger partial charge in [0, 0.05) is 62.0 Å². The fraction of sp³-hybridized carbons (Fsp3) is 0.227. The Balaban J connectivity index is 0.000000228. The minimum absolute atomic E-state index is 0. The van der Waals surface area contributed by atoms with Crippen LogP contribution >= 0.6 is 0 Å². The summed E-state index contributed by atoms with van der Waals surface area (Å²) >= 11 is 0. The number of ether oxygens (including phenoxy) is 1. The van der Waals surface area contributed by atoms with Crippen LogP contribution in [0.2, 0.25) is 0 Å². The van der Waals surface area contributed by atoms with Crippen molar-refractivity contribution in [3.05, 3.63) is 72.4 Å². The van der Waals surface area contributed by atoms with Crippen molar-refractivity contribution in [3.63, 3.8) is 0 Å². The molecule has 33 heavy (non-hydrogen) atoms. The average Bonchev–Trinajstić information content (AvgIpc) is 3.45. The van der Waals surface area contributed by atoms with E-state index in [1.165, 1.54) is 18.3 Å². The second-order valence-corrected chi connectivity index (χ2v) is 6.37. The molecule has 177 valence electrons. The number of pyridine rings is 1. The zero-order chi connectivity index (χ0) is 23.1. The summed E-state index contributed by atoms with van der Waals surface area (Å²) in [5, 5.41) is 10.8. The van der Waals surface area contributed by atoms with Crippen molar-refractivity contribution in [1.29, 1.82) is 0 Å². The minimum atomic E-state index is -4.46. The van der Waals surface area contributed by atoms with Crippen LogP contribution in [-0.4, -0.2) is 26.5 Å². The van der Waals surface area contributed by atoms with Crippen LogP contribution in [0.25, 0.3) is 22.6 Å². The summed E-state index contributed by atoms with van der Waals surface area (Å²) in [4.78, 5) is 3.87. The van der Waals surface area contributed by atoms with E-state index >= 15 is 0 Å². The smallest absolute Gasteiger partial charge is 0.431 e. The molecule has 0 amide bonds. The maximum absolute atomic E-state index is 13.1. The molecule has 0 bridgehead atoms. The van der Waals surface area contributed by atoms with E-state index in [0.29, 0.717) is 23.6 Å². The third kappa shape index (κ3) is 6.97. The molecule has 0 spiro atoms. The fourth-order valence-corrected chi connectivity index (χ4v) is 2.66. The van der Waals surface area contributed by atoms with Gasteiger partial charge in [-0.25, -0.2) is 5.10 Å². The van der Waals surface area contributed by atoms with Crippen molar-refractivity contribution in [2.45, 2.75) is 26.6 Å². The van der Waals surface area contributed by atoms with E-state index in [2.05, 4.69) is 26.3 Å². The molecule has 0 fully saturated rings. The van der Waals surface area contributed by atoms with Crippen LogP contribution in [0.5, 0.6) is 5.75 Å². The van der Waals surface area contributed by atoms with Gasteiger partial charge in [0.1, 0.15) is 5.69 Å². The topological polar surface area (TPSA) is 66.9 Å². The molecule has 4 aromatic rings. The number of aryl methyl sites for hydroxylation is 1. The van der Waals surface area contributed by atoms with Gasteiger partial charge in [0.25, 0.3) is 0 Å². The number of benzene rings is 1. The standard InChI is InChI=1S/C13H14FN2O.C9H5F3N3.Ir/c1-3-16-8-7-12(15-16)11-6-5-10(14)9-13(11)17-4-2;10-9(11,12)8-5-7(14-15-8)6-3-1-2-4-13-6;/h5,7-9H,3-4H2,1-2H3;1-5H;/q2*-1;. The van der Waals surface area contributed by atoms with Crippen molar-refractivity contribution in [3.8, 4) is 28.4 Å². The van der Waals surface area contributed by atoms with Crippen LogP contribution in [0.4, 0.5) is 17.6 Å². The van der Waals surface area contributed by atoms with E-state index in [9.17, 15) is 17.6 Å². The van der Waals surface area contributed by atoms with Gasteiger partial charge in [-0.3, -0.25) is 14.1 Å². The van der Waals surface area contributed by atoms with Crippen LogP contribution in [0.1, 0.15) is 19.5 Å². The average molecular weight is 638 g/mol. The number of hydrogen-bond donors (Lipinski definition) is 0. The summed E-state index contributed by atoms with van der Waals surface area (Å²) in [5.41, 5.74) is 0.947. The van der Waals surface area contributed by atoms with Crippen molar-refractivity contribution >= 4 is 0 Å². The predicted molar refractivity (Wildman–Crippen MR) is 109 cm³/mol. The SMILES string of the molecule is CCOc1cc(F)c[c-]c1-c1ccn(CC)n1.FC(F)(F)c1cc(-c2ccccn2)[n-]n1.[Ir]. The number of alkyl halides is 3. The van der Waals surface area contributed by atoms with Gasteiger partial charge in [-0.15, -0.1) is 12.1 Å². The molecule has 0 atom stereocenters. The van der Waals surface area contributed by atoms with Gasteiger partial charge in [-0.05, 0) is 32.0 Å². The molecule has 6 nitrogen and oxygen atoms in total. The molecule has 11 heteroatoms. The molecule has 1 aromatic carbocycles. The van der Waals surface area contributed by atoms with Crippen LogP contribution in [0, 0.1) is 11.9 Å². The molecule has 3 heterocycles. The monoisotopic (exact) mass is 638 g/mol. The molecule has 0 N–H and O–H groups in total. The maximum Gasteiger partial charge on any atom is 0.431 e. The van der Waals surface area contributed by atoms with E-state index in [1.807, 2.05) is 30.8 Å². The molecule has 3 aromatic heterocycles. The normalized spacial score (nSPS) is 10.7. The first kappa shape index (κ1) is 26.2. The van der Waals surface area contributed by atoms with Crippen molar-refractivity contribution in [2.75, 3.05) is 6.61 Å². The van der Waals surface area contributed by atoms with E-state index in [1.54, 1.807) is 18.2 Å². The largest absolute Gasteiger partial charge is 0.573 e. The number of hydrogen-bond acceptors (Lipinski definition) is 4. The van der Waals surface area contributed by atoms with Gasteiger partial charge in [0.05, 0.1) is 6.61 Å². The summed E-state index contributed by atoms with van der Waals surface area (Å²) in [7, 11) is 0. The Morgan fingerprint density at radius 3 is 2.48 bits per heavy atom. The van der Waals surface area contributed by atoms with E-state index in [0.717, 1.165) is 18.3 Å². The third-order valence-electron chi connectivity index (χ3n) is 4.15. The van der Waals surface area contributed by atoms with Gasteiger partial charge >= 0.3 is 6.18 Å². The van der Waals surface area contributed by atoms with Gasteiger partial charge in [-0.2, -0.15) is 13.2 Å². The Labute approximate surface area is 201 Å². The second-order valence-electron chi connectivity index (χ2n) is 6.37. The van der Waals surface area contributed by atoms with E-state index in [4.69, 9.17) is 4.74 Å². The van der Waals surface area contributed by atoms with Crippen molar-refractivity contribution in [2.24, 2.45) is 0 Å². The first-order chi connectivity index (χ1) is 15.3. The Morgan fingerprint density at radius 1 is 1.12 bits per heavy atom. The van der Waals surface area contributed by atoms with E-state index in [-0.39, 0.29) is 31.6 Å². The predicted octanol–water partition coefficient (Wildman–Crippen LogP) is 5.03.